The zero-order valence-corrected chi connectivity index (χ0v) is 18.5. The first-order valence-corrected chi connectivity index (χ1v) is 10.3. The Morgan fingerprint density at radius 2 is 1.84 bits per heavy atom. The fourth-order valence-corrected chi connectivity index (χ4v) is 3.84. The van der Waals surface area contributed by atoms with Crippen LogP contribution < -0.4 is 20.4 Å². The van der Waals surface area contributed by atoms with E-state index >= 15 is 0 Å². The molecule has 0 aliphatic heterocycles. The van der Waals surface area contributed by atoms with Crippen molar-refractivity contribution in [3.63, 3.8) is 0 Å². The van der Waals surface area contributed by atoms with Gasteiger partial charge < -0.3 is 23.6 Å². The molecule has 32 heavy (non-hydrogen) atoms. The fourth-order valence-electron chi connectivity index (χ4n) is 3.84. The number of amides is 1. The molecule has 166 valence electrons. The minimum absolute atomic E-state index is 0.164. The van der Waals surface area contributed by atoms with Crippen LogP contribution in [0.4, 0.5) is 0 Å². The second-order valence-electron chi connectivity index (χ2n) is 7.71. The lowest BCUT2D eigenvalue weighted by molar-refractivity contribution is -0.121. The minimum Gasteiger partial charge on any atom is -0.497 e. The number of nitrogens with one attached hydrogen (secondary N) is 1. The number of benzene rings is 2. The molecule has 4 aromatic rings. The molecule has 2 heterocycles. The van der Waals surface area contributed by atoms with Crippen molar-refractivity contribution < 1.29 is 23.1 Å². The van der Waals surface area contributed by atoms with Gasteiger partial charge in [-0.3, -0.25) is 4.79 Å². The van der Waals surface area contributed by atoms with Crippen LogP contribution in [-0.2, 0) is 17.8 Å². The number of methoxy groups -OCH3 is 2. The number of fused-ring (bicyclic) bond motifs is 2. The topological polar surface area (TPSA) is 90.9 Å². The van der Waals surface area contributed by atoms with Crippen LogP contribution in [0.25, 0.3) is 21.9 Å². The maximum absolute atomic E-state index is 12.6. The molecule has 0 aliphatic rings. The summed E-state index contributed by atoms with van der Waals surface area (Å²) in [7, 11) is 3.15. The highest BCUT2D eigenvalue weighted by molar-refractivity contribution is 5.96. The normalized spacial score (nSPS) is 11.1. The highest BCUT2D eigenvalue weighted by atomic mass is 16.5. The zero-order valence-electron chi connectivity index (χ0n) is 18.5. The van der Waals surface area contributed by atoms with Gasteiger partial charge in [-0.05, 0) is 49.6 Å². The average molecular weight is 435 g/mol. The first kappa shape index (κ1) is 21.5. The predicted molar refractivity (Wildman–Crippen MR) is 121 cm³/mol. The van der Waals surface area contributed by atoms with Gasteiger partial charge in [0.15, 0.2) is 0 Å². The lowest BCUT2D eigenvalue weighted by Crippen LogP contribution is -2.24. The van der Waals surface area contributed by atoms with Crippen LogP contribution in [-0.4, -0.2) is 20.1 Å². The zero-order chi connectivity index (χ0) is 22.8. The van der Waals surface area contributed by atoms with Crippen molar-refractivity contribution in [1.82, 2.24) is 5.32 Å². The molecule has 1 N–H and O–H groups in total. The summed E-state index contributed by atoms with van der Waals surface area (Å²) < 4.78 is 21.6. The number of carbonyl (C=O) groups is 1. The van der Waals surface area contributed by atoms with Crippen LogP contribution in [0.5, 0.6) is 11.5 Å². The van der Waals surface area contributed by atoms with Gasteiger partial charge in [-0.15, -0.1) is 0 Å². The van der Waals surface area contributed by atoms with Gasteiger partial charge in [-0.1, -0.05) is 0 Å². The van der Waals surface area contributed by atoms with Crippen LogP contribution in [0.1, 0.15) is 28.7 Å². The Bertz CT molecular complexity index is 1360. The first-order valence-electron chi connectivity index (χ1n) is 10.3. The Balaban J connectivity index is 1.49. The Morgan fingerprint density at radius 1 is 1.03 bits per heavy atom. The molecule has 0 spiro atoms. The van der Waals surface area contributed by atoms with E-state index in [2.05, 4.69) is 5.32 Å². The van der Waals surface area contributed by atoms with E-state index in [1.807, 2.05) is 32.0 Å². The Labute approximate surface area is 184 Å². The van der Waals surface area contributed by atoms with Gasteiger partial charge in [-0.2, -0.15) is 0 Å². The van der Waals surface area contributed by atoms with Gasteiger partial charge >= 0.3 is 5.63 Å². The Kier molecular flexibility index (Phi) is 5.90. The third-order valence-corrected chi connectivity index (χ3v) is 5.75. The number of hydrogen-bond acceptors (Lipinski definition) is 6. The summed E-state index contributed by atoms with van der Waals surface area (Å²) in [6, 6.07) is 9.14. The summed E-state index contributed by atoms with van der Waals surface area (Å²) in [5.74, 6) is 1.15. The van der Waals surface area contributed by atoms with Crippen molar-refractivity contribution in [1.29, 1.82) is 0 Å². The standard InChI is InChI=1S/C25H25NO6/c1-14-13-31-22-11-23-20(10-19(14)22)15(2)18(25(28)32-23)7-8-24(27)26-12-16-5-6-17(29-3)9-21(16)30-4/h5-6,9-11,13H,7-8,12H2,1-4H3,(H,26,27). The van der Waals surface area contributed by atoms with E-state index in [0.717, 1.165) is 27.5 Å². The van der Waals surface area contributed by atoms with Gasteiger partial charge in [0.1, 0.15) is 22.7 Å². The number of carbonyl (C=O) groups excluding carboxylic acids is 1. The molecule has 7 nitrogen and oxygen atoms in total. The van der Waals surface area contributed by atoms with E-state index in [-0.39, 0.29) is 18.7 Å². The molecule has 2 aromatic carbocycles. The van der Waals surface area contributed by atoms with Crippen LogP contribution in [0, 0.1) is 13.8 Å². The van der Waals surface area contributed by atoms with Gasteiger partial charge in [0, 0.05) is 47.0 Å². The molecular weight excluding hydrogens is 410 g/mol. The second-order valence-corrected chi connectivity index (χ2v) is 7.71. The molecule has 0 bridgehead atoms. The summed E-state index contributed by atoms with van der Waals surface area (Å²) in [6.07, 6.45) is 2.14. The second kappa shape index (κ2) is 8.78. The lowest BCUT2D eigenvalue weighted by atomic mass is 10.0. The molecule has 0 atom stereocenters. The van der Waals surface area contributed by atoms with Crippen LogP contribution in [0.3, 0.4) is 0 Å². The van der Waals surface area contributed by atoms with E-state index < -0.39 is 5.63 Å². The highest BCUT2D eigenvalue weighted by Gasteiger charge is 2.15. The molecule has 0 radical (unpaired) electrons. The summed E-state index contributed by atoms with van der Waals surface area (Å²) in [6.45, 7) is 4.17. The largest absolute Gasteiger partial charge is 0.497 e. The number of rotatable bonds is 7. The minimum atomic E-state index is -0.428. The number of ether oxygens (including phenoxy) is 2. The monoisotopic (exact) mass is 435 g/mol. The third-order valence-electron chi connectivity index (χ3n) is 5.75. The number of aryl methyl sites for hydroxylation is 2. The maximum atomic E-state index is 12.6. The SMILES string of the molecule is COc1ccc(CNC(=O)CCc2c(C)c3cc4c(C)coc4cc3oc2=O)c(OC)c1. The van der Waals surface area contributed by atoms with Crippen molar-refractivity contribution in [3.8, 4) is 11.5 Å². The average Bonchev–Trinajstić information content (AvgIpc) is 3.15. The van der Waals surface area contributed by atoms with Crippen molar-refractivity contribution in [2.75, 3.05) is 14.2 Å². The molecule has 0 saturated heterocycles. The van der Waals surface area contributed by atoms with E-state index in [1.165, 1.54) is 0 Å². The summed E-state index contributed by atoms with van der Waals surface area (Å²) in [4.78, 5) is 25.0. The quantitative estimate of drug-likeness (QED) is 0.432. The van der Waals surface area contributed by atoms with E-state index in [9.17, 15) is 9.59 Å². The maximum Gasteiger partial charge on any atom is 0.339 e. The van der Waals surface area contributed by atoms with Crippen molar-refractivity contribution in [2.45, 2.75) is 33.2 Å². The molecule has 0 aliphatic carbocycles. The summed E-state index contributed by atoms with van der Waals surface area (Å²) >= 11 is 0. The van der Waals surface area contributed by atoms with Crippen molar-refractivity contribution in [3.05, 3.63) is 69.3 Å². The number of hydrogen-bond donors (Lipinski definition) is 1. The van der Waals surface area contributed by atoms with Gasteiger partial charge in [-0.25, -0.2) is 4.79 Å². The van der Waals surface area contributed by atoms with Crippen molar-refractivity contribution in [2.24, 2.45) is 0 Å². The predicted octanol–water partition coefficient (Wildman–Crippen LogP) is 4.42. The smallest absolute Gasteiger partial charge is 0.339 e. The summed E-state index contributed by atoms with van der Waals surface area (Å²) in [5.41, 5.74) is 3.92. The molecule has 7 heteroatoms. The lowest BCUT2D eigenvalue weighted by Gasteiger charge is -2.12. The van der Waals surface area contributed by atoms with Crippen molar-refractivity contribution >= 4 is 27.8 Å². The van der Waals surface area contributed by atoms with Crippen LogP contribution in [0.15, 0.2) is 50.2 Å². The molecule has 1 amide bonds. The molecule has 4 rings (SSSR count). The van der Waals surface area contributed by atoms with E-state index in [1.54, 1.807) is 32.6 Å². The molecule has 0 unspecified atom stereocenters. The molecule has 0 fully saturated rings. The van der Waals surface area contributed by atoms with Gasteiger partial charge in [0.05, 0.1) is 20.5 Å². The molecular formula is C25H25NO6. The van der Waals surface area contributed by atoms with Crippen LogP contribution in [0.2, 0.25) is 0 Å². The molecule has 2 aromatic heterocycles. The van der Waals surface area contributed by atoms with Crippen LogP contribution >= 0.6 is 0 Å². The van der Waals surface area contributed by atoms with E-state index in [0.29, 0.717) is 34.8 Å². The Morgan fingerprint density at radius 3 is 2.59 bits per heavy atom. The highest BCUT2D eigenvalue weighted by Crippen LogP contribution is 2.29. The van der Waals surface area contributed by atoms with Gasteiger partial charge in [0.25, 0.3) is 0 Å². The number of furan rings is 1. The third kappa shape index (κ3) is 4.06. The first-order chi connectivity index (χ1) is 15.4. The van der Waals surface area contributed by atoms with E-state index in [4.69, 9.17) is 18.3 Å². The Hall–Kier alpha value is -3.74. The summed E-state index contributed by atoms with van der Waals surface area (Å²) in [5, 5.41) is 4.71. The molecule has 0 saturated carbocycles. The van der Waals surface area contributed by atoms with Gasteiger partial charge in [0.2, 0.25) is 5.91 Å². The fraction of sp³-hybridized carbons (Fsp3) is 0.280.